The van der Waals surface area contributed by atoms with Gasteiger partial charge < -0.3 is 9.64 Å². The number of hydrogen-bond acceptors (Lipinski definition) is 4. The summed E-state index contributed by atoms with van der Waals surface area (Å²) in [5.74, 6) is 1.59. The van der Waals surface area contributed by atoms with Crippen molar-refractivity contribution < 1.29 is 4.74 Å². The lowest BCUT2D eigenvalue weighted by Crippen LogP contribution is -2.33. The van der Waals surface area contributed by atoms with Gasteiger partial charge in [-0.15, -0.1) is 0 Å². The Kier molecular flexibility index (Phi) is 5.44. The number of nitrogens with zero attached hydrogens (tertiary/aromatic N) is 3. The summed E-state index contributed by atoms with van der Waals surface area (Å²) >= 11 is 0. The monoisotopic (exact) mass is 247 g/mol. The normalized spacial score (nSPS) is 10.5. The molecule has 98 valence electrons. The summed E-state index contributed by atoms with van der Waals surface area (Å²) in [7, 11) is 0. The number of nitriles is 1. The van der Waals surface area contributed by atoms with Crippen molar-refractivity contribution in [3.63, 3.8) is 0 Å². The molecule has 0 fully saturated rings. The Balaban J connectivity index is 2.99. The summed E-state index contributed by atoms with van der Waals surface area (Å²) in [6.07, 6.45) is 2.35. The third-order valence-corrected chi connectivity index (χ3v) is 2.47. The Hall–Kier alpha value is -1.76. The van der Waals surface area contributed by atoms with E-state index in [0.717, 1.165) is 11.6 Å². The zero-order valence-corrected chi connectivity index (χ0v) is 11.6. The first kappa shape index (κ1) is 14.3. The van der Waals surface area contributed by atoms with Crippen molar-refractivity contribution in [1.82, 2.24) is 4.98 Å². The van der Waals surface area contributed by atoms with E-state index < -0.39 is 0 Å². The van der Waals surface area contributed by atoms with E-state index in [1.54, 1.807) is 6.20 Å². The van der Waals surface area contributed by atoms with E-state index in [-0.39, 0.29) is 12.1 Å². The first-order valence-corrected chi connectivity index (χ1v) is 6.31. The second-order valence-corrected chi connectivity index (χ2v) is 4.69. The molecule has 0 spiro atoms. The number of hydrogen-bond donors (Lipinski definition) is 0. The maximum absolute atomic E-state index is 8.73. The quantitative estimate of drug-likeness (QED) is 0.775. The van der Waals surface area contributed by atoms with Crippen molar-refractivity contribution in [1.29, 1.82) is 5.26 Å². The summed E-state index contributed by atoms with van der Waals surface area (Å²) in [6, 6.07) is 6.24. The van der Waals surface area contributed by atoms with Gasteiger partial charge >= 0.3 is 0 Å². The molecule has 0 N–H and O–H groups in total. The van der Waals surface area contributed by atoms with E-state index in [1.165, 1.54) is 0 Å². The molecule has 0 aliphatic carbocycles. The number of anilines is 1. The van der Waals surface area contributed by atoms with Crippen LogP contribution in [0.2, 0.25) is 0 Å². The molecule has 0 radical (unpaired) electrons. The van der Waals surface area contributed by atoms with Crippen LogP contribution >= 0.6 is 0 Å². The Morgan fingerprint density at radius 2 is 2.11 bits per heavy atom. The average molecular weight is 247 g/mol. The molecular weight excluding hydrogens is 226 g/mol. The lowest BCUT2D eigenvalue weighted by Gasteiger charge is -2.29. The van der Waals surface area contributed by atoms with Gasteiger partial charge in [0.15, 0.2) is 11.6 Å². The zero-order chi connectivity index (χ0) is 13.5. The number of pyridine rings is 1. The highest BCUT2D eigenvalue weighted by Crippen LogP contribution is 2.27. The SMILES string of the molecule is CC(C)Oc1cccnc1N(CCC#N)C(C)C. The van der Waals surface area contributed by atoms with Crippen LogP contribution in [0.5, 0.6) is 5.75 Å². The first-order chi connectivity index (χ1) is 8.56. The van der Waals surface area contributed by atoms with Gasteiger partial charge in [-0.25, -0.2) is 4.98 Å². The van der Waals surface area contributed by atoms with Crippen molar-refractivity contribution in [3.05, 3.63) is 18.3 Å². The molecule has 0 amide bonds. The third-order valence-electron chi connectivity index (χ3n) is 2.47. The molecule has 0 aromatic carbocycles. The van der Waals surface area contributed by atoms with Gasteiger partial charge in [0.1, 0.15) is 0 Å². The van der Waals surface area contributed by atoms with Crippen LogP contribution < -0.4 is 9.64 Å². The lowest BCUT2D eigenvalue weighted by molar-refractivity contribution is 0.241. The highest BCUT2D eigenvalue weighted by atomic mass is 16.5. The average Bonchev–Trinajstić information content (AvgIpc) is 2.30. The predicted molar refractivity (Wildman–Crippen MR) is 72.7 cm³/mol. The third kappa shape index (κ3) is 3.92. The summed E-state index contributed by atoms with van der Waals surface area (Å²) in [5, 5.41) is 8.73. The predicted octanol–water partition coefficient (Wildman–Crippen LogP) is 3.00. The standard InChI is InChI=1S/C14H21N3O/c1-11(2)17(10-6-8-15)14-13(18-12(3)4)7-5-9-16-14/h5,7,9,11-12H,6,10H2,1-4H3. The van der Waals surface area contributed by atoms with E-state index in [4.69, 9.17) is 10.00 Å². The van der Waals surface area contributed by atoms with E-state index in [0.29, 0.717) is 13.0 Å². The largest absolute Gasteiger partial charge is 0.487 e. The maximum Gasteiger partial charge on any atom is 0.171 e. The van der Waals surface area contributed by atoms with E-state index in [2.05, 4.69) is 29.8 Å². The van der Waals surface area contributed by atoms with Crippen LogP contribution in [-0.2, 0) is 0 Å². The van der Waals surface area contributed by atoms with Crippen molar-refractivity contribution in [3.8, 4) is 11.8 Å². The van der Waals surface area contributed by atoms with Gasteiger partial charge in [0.2, 0.25) is 0 Å². The van der Waals surface area contributed by atoms with Crippen LogP contribution in [0, 0.1) is 11.3 Å². The van der Waals surface area contributed by atoms with Gasteiger partial charge in [-0.05, 0) is 39.8 Å². The highest BCUT2D eigenvalue weighted by Gasteiger charge is 2.16. The molecule has 4 heteroatoms. The van der Waals surface area contributed by atoms with Gasteiger partial charge in [0.05, 0.1) is 18.6 Å². The van der Waals surface area contributed by atoms with Gasteiger partial charge in [-0.3, -0.25) is 0 Å². The summed E-state index contributed by atoms with van der Waals surface area (Å²) in [6.45, 7) is 8.83. The molecule has 0 saturated heterocycles. The molecule has 0 aliphatic heterocycles. The molecule has 1 aromatic rings. The van der Waals surface area contributed by atoms with Crippen LogP contribution in [0.15, 0.2) is 18.3 Å². The smallest absolute Gasteiger partial charge is 0.171 e. The Bertz CT molecular complexity index is 410. The van der Waals surface area contributed by atoms with Crippen LogP contribution in [0.25, 0.3) is 0 Å². The van der Waals surface area contributed by atoms with Gasteiger partial charge in [-0.1, -0.05) is 0 Å². The van der Waals surface area contributed by atoms with Gasteiger partial charge in [0.25, 0.3) is 0 Å². The van der Waals surface area contributed by atoms with Gasteiger partial charge in [-0.2, -0.15) is 5.26 Å². The first-order valence-electron chi connectivity index (χ1n) is 6.31. The topological polar surface area (TPSA) is 49.1 Å². The van der Waals surface area contributed by atoms with Crippen LogP contribution in [0.3, 0.4) is 0 Å². The molecule has 1 heterocycles. The molecule has 0 bridgehead atoms. The van der Waals surface area contributed by atoms with E-state index >= 15 is 0 Å². The van der Waals surface area contributed by atoms with E-state index in [1.807, 2.05) is 26.0 Å². The molecule has 0 aliphatic rings. The minimum atomic E-state index is 0.109. The fraction of sp³-hybridized carbons (Fsp3) is 0.571. The minimum absolute atomic E-state index is 0.109. The number of rotatable bonds is 6. The van der Waals surface area contributed by atoms with E-state index in [9.17, 15) is 0 Å². The fourth-order valence-electron chi connectivity index (χ4n) is 1.72. The fourth-order valence-corrected chi connectivity index (χ4v) is 1.72. The van der Waals surface area contributed by atoms with Gasteiger partial charge in [0, 0.05) is 18.8 Å². The van der Waals surface area contributed by atoms with Crippen LogP contribution in [0.4, 0.5) is 5.82 Å². The summed E-state index contributed by atoms with van der Waals surface area (Å²) < 4.78 is 5.77. The number of ether oxygens (including phenoxy) is 1. The number of aromatic nitrogens is 1. The second-order valence-electron chi connectivity index (χ2n) is 4.69. The zero-order valence-electron chi connectivity index (χ0n) is 11.6. The summed E-state index contributed by atoms with van der Waals surface area (Å²) in [5.41, 5.74) is 0. The molecule has 1 aromatic heterocycles. The Morgan fingerprint density at radius 3 is 2.67 bits per heavy atom. The molecule has 0 atom stereocenters. The molecule has 18 heavy (non-hydrogen) atoms. The molecule has 1 rings (SSSR count). The Morgan fingerprint density at radius 1 is 1.39 bits per heavy atom. The molecular formula is C14H21N3O. The highest BCUT2D eigenvalue weighted by molar-refractivity contribution is 5.52. The van der Waals surface area contributed by atoms with Crippen LogP contribution in [0.1, 0.15) is 34.1 Å². The lowest BCUT2D eigenvalue weighted by atomic mass is 10.2. The minimum Gasteiger partial charge on any atom is -0.487 e. The maximum atomic E-state index is 8.73. The van der Waals surface area contributed by atoms with Crippen LogP contribution in [-0.4, -0.2) is 23.7 Å². The molecule has 0 unspecified atom stereocenters. The second kappa shape index (κ2) is 6.85. The Labute approximate surface area is 109 Å². The van der Waals surface area contributed by atoms with Crippen molar-refractivity contribution >= 4 is 5.82 Å². The van der Waals surface area contributed by atoms with Crippen molar-refractivity contribution in [2.24, 2.45) is 0 Å². The van der Waals surface area contributed by atoms with Crippen molar-refractivity contribution in [2.75, 3.05) is 11.4 Å². The molecule has 4 nitrogen and oxygen atoms in total. The summed E-state index contributed by atoms with van der Waals surface area (Å²) in [4.78, 5) is 6.50. The molecule has 0 saturated carbocycles. The van der Waals surface area contributed by atoms with Crippen molar-refractivity contribution in [2.45, 2.75) is 46.3 Å².